The van der Waals surface area contributed by atoms with Crippen LogP contribution in [0.2, 0.25) is 0 Å². The normalized spacial score (nSPS) is 22.6. The third kappa shape index (κ3) is 3.73. The van der Waals surface area contributed by atoms with Crippen molar-refractivity contribution in [1.29, 1.82) is 0 Å². The van der Waals surface area contributed by atoms with E-state index in [1.807, 2.05) is 36.0 Å². The molecule has 40 heavy (non-hydrogen) atoms. The van der Waals surface area contributed by atoms with Crippen LogP contribution in [-0.4, -0.2) is 50.6 Å². The van der Waals surface area contributed by atoms with Gasteiger partial charge < -0.3 is 0 Å². The molecule has 3 heterocycles. The summed E-state index contributed by atoms with van der Waals surface area (Å²) in [6.45, 7) is 5.45. The van der Waals surface area contributed by atoms with Gasteiger partial charge in [-0.3, -0.25) is 0 Å². The second kappa shape index (κ2) is 9.07. The lowest BCUT2D eigenvalue weighted by atomic mass is 9.87. The number of piperidine rings is 1. The summed E-state index contributed by atoms with van der Waals surface area (Å²) < 4.78 is 44.3. The molecule has 2 aliphatic rings. The molecule has 10 heteroatoms. The third-order valence-corrected chi connectivity index (χ3v) is 10.2. The summed E-state index contributed by atoms with van der Waals surface area (Å²) in [6.07, 6.45) is 4.00. The van der Waals surface area contributed by atoms with Gasteiger partial charge in [0.2, 0.25) is 5.03 Å². The highest BCUT2D eigenvalue weighted by Gasteiger charge is 2.71. The number of nitrogens with zero attached hydrogens (tertiary/aromatic N) is 6. The summed E-state index contributed by atoms with van der Waals surface area (Å²) >= 11 is 0. The highest BCUT2D eigenvalue weighted by molar-refractivity contribution is 7.89. The monoisotopic (exact) mass is 556 g/mol. The number of fused-ring (bicyclic) bond motifs is 2. The van der Waals surface area contributed by atoms with Crippen molar-refractivity contribution in [2.75, 3.05) is 13.1 Å². The van der Waals surface area contributed by atoms with E-state index in [4.69, 9.17) is 0 Å². The highest BCUT2D eigenvalue weighted by atomic mass is 32.2. The molecular weight excluding hydrogens is 527 g/mol. The molecule has 3 unspecified atom stereocenters. The van der Waals surface area contributed by atoms with Crippen LogP contribution in [0.15, 0.2) is 84.1 Å². The van der Waals surface area contributed by atoms with Crippen molar-refractivity contribution in [3.8, 4) is 5.69 Å². The molecule has 3 atom stereocenters. The Morgan fingerprint density at radius 1 is 1.02 bits per heavy atom. The SMILES string of the molecule is CCCn1ncc(S(=O)(=O)N2CC3C(c4ccccc4)C3(c3cc4cnn(-c5ccc(F)cc5)c4cc3C)C2)n1. The van der Waals surface area contributed by atoms with Gasteiger partial charge in [0.1, 0.15) is 5.82 Å². The summed E-state index contributed by atoms with van der Waals surface area (Å²) in [5.74, 6) is 0.0519. The number of benzene rings is 3. The molecule has 1 aliphatic heterocycles. The molecule has 1 saturated heterocycles. The third-order valence-electron chi connectivity index (χ3n) is 8.54. The van der Waals surface area contributed by atoms with E-state index in [9.17, 15) is 12.8 Å². The second-order valence-electron chi connectivity index (χ2n) is 10.9. The number of hydrogen-bond donors (Lipinski definition) is 0. The van der Waals surface area contributed by atoms with E-state index < -0.39 is 10.0 Å². The molecule has 204 valence electrons. The Bertz CT molecular complexity index is 1830. The predicted molar refractivity (Wildman–Crippen MR) is 149 cm³/mol. The Hall–Kier alpha value is -3.89. The van der Waals surface area contributed by atoms with Crippen molar-refractivity contribution < 1.29 is 12.8 Å². The van der Waals surface area contributed by atoms with Crippen LogP contribution >= 0.6 is 0 Å². The molecule has 0 radical (unpaired) electrons. The van der Waals surface area contributed by atoms with Gasteiger partial charge in [-0.15, -0.1) is 5.10 Å². The van der Waals surface area contributed by atoms with Crippen LogP contribution in [0.5, 0.6) is 0 Å². The zero-order valence-corrected chi connectivity index (χ0v) is 23.1. The van der Waals surface area contributed by atoms with Gasteiger partial charge >= 0.3 is 0 Å². The minimum atomic E-state index is -3.79. The maximum atomic E-state index is 13.7. The van der Waals surface area contributed by atoms with Crippen molar-refractivity contribution in [3.05, 3.63) is 102 Å². The lowest BCUT2D eigenvalue weighted by Crippen LogP contribution is -2.35. The number of rotatable bonds is 7. The maximum absolute atomic E-state index is 13.7. The van der Waals surface area contributed by atoms with Crippen molar-refractivity contribution in [1.82, 2.24) is 29.1 Å². The van der Waals surface area contributed by atoms with Crippen LogP contribution in [0.4, 0.5) is 4.39 Å². The van der Waals surface area contributed by atoms with Crippen molar-refractivity contribution in [2.45, 2.75) is 43.2 Å². The number of halogens is 1. The van der Waals surface area contributed by atoms with Crippen molar-refractivity contribution >= 4 is 20.9 Å². The first-order chi connectivity index (χ1) is 19.3. The van der Waals surface area contributed by atoms with E-state index in [0.29, 0.717) is 19.6 Å². The van der Waals surface area contributed by atoms with Crippen LogP contribution < -0.4 is 0 Å². The van der Waals surface area contributed by atoms with Gasteiger partial charge in [0.05, 0.1) is 30.1 Å². The van der Waals surface area contributed by atoms with Crippen LogP contribution in [0.25, 0.3) is 16.6 Å². The van der Waals surface area contributed by atoms with Gasteiger partial charge in [-0.1, -0.05) is 37.3 Å². The predicted octanol–water partition coefficient (Wildman–Crippen LogP) is 4.83. The molecule has 7 rings (SSSR count). The molecular formula is C30H29FN6O2S. The minimum absolute atomic E-state index is 0.00130. The standard InChI is InChI=1S/C30H29FN6O2S/c1-3-13-36-32-17-28(34-36)40(38,39)35-18-26-29(21-7-5-4-6-8-21)30(26,19-35)25-15-22-16-33-37(27(22)14-20(25)2)24-11-9-23(31)10-12-24/h4-12,14-17,26,29H,3,13,18-19H2,1-2H3. The fourth-order valence-corrected chi connectivity index (χ4v) is 8.09. The fraction of sp³-hybridized carbons (Fsp3) is 0.300. The van der Waals surface area contributed by atoms with Gasteiger partial charge in [0.25, 0.3) is 10.0 Å². The summed E-state index contributed by atoms with van der Waals surface area (Å²) in [7, 11) is -3.79. The molecule has 0 N–H and O–H groups in total. The van der Waals surface area contributed by atoms with E-state index >= 15 is 0 Å². The van der Waals surface area contributed by atoms with Crippen LogP contribution in [0.1, 0.15) is 36.0 Å². The van der Waals surface area contributed by atoms with Gasteiger partial charge in [0, 0.05) is 29.8 Å². The average molecular weight is 557 g/mol. The Kier molecular flexibility index (Phi) is 5.69. The van der Waals surface area contributed by atoms with Gasteiger partial charge in [-0.25, -0.2) is 17.5 Å². The van der Waals surface area contributed by atoms with E-state index in [1.54, 1.807) is 16.4 Å². The molecule has 1 aliphatic carbocycles. The molecule has 0 bridgehead atoms. The topological polar surface area (TPSA) is 85.9 Å². The fourth-order valence-electron chi connectivity index (χ4n) is 6.71. The Morgan fingerprint density at radius 2 is 1.80 bits per heavy atom. The zero-order chi connectivity index (χ0) is 27.6. The van der Waals surface area contributed by atoms with Crippen molar-refractivity contribution in [3.63, 3.8) is 0 Å². The first kappa shape index (κ1) is 25.1. The van der Waals surface area contributed by atoms with Crippen LogP contribution in [0.3, 0.4) is 0 Å². The number of aromatic nitrogens is 5. The number of aryl methyl sites for hydroxylation is 2. The number of hydrogen-bond acceptors (Lipinski definition) is 5. The smallest absolute Gasteiger partial charge is 0.233 e. The lowest BCUT2D eigenvalue weighted by Gasteiger charge is -2.24. The van der Waals surface area contributed by atoms with Crippen molar-refractivity contribution in [2.24, 2.45) is 5.92 Å². The largest absolute Gasteiger partial charge is 0.264 e. The Morgan fingerprint density at radius 3 is 2.55 bits per heavy atom. The Labute approximate surface area is 232 Å². The van der Waals surface area contributed by atoms with E-state index in [0.717, 1.165) is 34.1 Å². The molecule has 1 saturated carbocycles. The average Bonchev–Trinajstić information content (AvgIpc) is 3.40. The van der Waals surface area contributed by atoms with E-state index in [-0.39, 0.29) is 28.1 Å². The van der Waals surface area contributed by atoms with E-state index in [2.05, 4.69) is 46.5 Å². The second-order valence-corrected chi connectivity index (χ2v) is 12.8. The summed E-state index contributed by atoms with van der Waals surface area (Å²) in [5, 5.41) is 14.0. The summed E-state index contributed by atoms with van der Waals surface area (Å²) in [5.41, 5.74) is 4.79. The van der Waals surface area contributed by atoms with E-state index in [1.165, 1.54) is 28.7 Å². The van der Waals surface area contributed by atoms with Gasteiger partial charge in [-0.05, 0) is 72.4 Å². The summed E-state index contributed by atoms with van der Waals surface area (Å²) in [4.78, 5) is 1.45. The molecule has 2 aromatic heterocycles. The molecule has 2 fully saturated rings. The minimum Gasteiger partial charge on any atom is -0.233 e. The first-order valence-electron chi connectivity index (χ1n) is 13.5. The zero-order valence-electron chi connectivity index (χ0n) is 22.3. The molecule has 0 amide bonds. The lowest BCUT2D eigenvalue weighted by molar-refractivity contribution is 0.417. The quantitative estimate of drug-likeness (QED) is 0.287. The first-order valence-corrected chi connectivity index (χ1v) is 15.0. The number of sulfonamides is 1. The van der Waals surface area contributed by atoms with Crippen LogP contribution in [0, 0.1) is 18.7 Å². The summed E-state index contributed by atoms with van der Waals surface area (Å²) in [6, 6.07) is 20.9. The Balaban J connectivity index is 1.30. The van der Waals surface area contributed by atoms with Gasteiger partial charge in [0.15, 0.2) is 0 Å². The maximum Gasteiger partial charge on any atom is 0.264 e. The highest BCUT2D eigenvalue weighted by Crippen LogP contribution is 2.70. The molecule has 8 nitrogen and oxygen atoms in total. The van der Waals surface area contributed by atoms with Gasteiger partial charge in [-0.2, -0.15) is 19.3 Å². The molecule has 5 aromatic rings. The van der Waals surface area contributed by atoms with Crippen LogP contribution in [-0.2, 0) is 22.0 Å². The molecule has 3 aromatic carbocycles. The molecule has 0 spiro atoms.